The number of hydrogen-bond acceptors (Lipinski definition) is 2. The minimum atomic E-state index is -0.915. The first-order chi connectivity index (χ1) is 13.1. The number of nitrogens with one attached hydrogen (secondary N) is 1. The maximum absolute atomic E-state index is 13.4. The highest BCUT2D eigenvalue weighted by Gasteiger charge is 2.43. The molecule has 3 aromatic carbocycles. The summed E-state index contributed by atoms with van der Waals surface area (Å²) in [5, 5.41) is 13.0. The van der Waals surface area contributed by atoms with E-state index in [0.717, 1.165) is 23.2 Å². The van der Waals surface area contributed by atoms with E-state index in [4.69, 9.17) is 0 Å². The van der Waals surface area contributed by atoms with Gasteiger partial charge in [0.05, 0.1) is 11.6 Å². The van der Waals surface area contributed by atoms with Gasteiger partial charge in [0.1, 0.15) is 5.82 Å². The van der Waals surface area contributed by atoms with Crippen LogP contribution < -0.4 is 5.32 Å². The highest BCUT2D eigenvalue weighted by atomic mass is 19.1. The fourth-order valence-corrected chi connectivity index (χ4v) is 4.69. The van der Waals surface area contributed by atoms with Crippen molar-refractivity contribution < 1.29 is 14.3 Å². The summed E-state index contributed by atoms with van der Waals surface area (Å²) in [7, 11) is 0. The van der Waals surface area contributed by atoms with E-state index in [0.29, 0.717) is 5.56 Å². The first-order valence-corrected chi connectivity index (χ1v) is 9.09. The SMILES string of the molecule is O=C(O)c1ccc2c(c1)[C@@H]1c3ccccc3C[C@@H]1[C@@H](c1ccc(F)cc1)N2. The van der Waals surface area contributed by atoms with Gasteiger partial charge in [-0.25, -0.2) is 9.18 Å². The van der Waals surface area contributed by atoms with Crippen LogP contribution in [-0.4, -0.2) is 11.1 Å². The fourth-order valence-electron chi connectivity index (χ4n) is 4.69. The van der Waals surface area contributed by atoms with Crippen molar-refractivity contribution in [2.75, 3.05) is 5.32 Å². The minimum absolute atomic E-state index is 0.0474. The number of aromatic carboxylic acids is 1. The molecule has 1 aliphatic carbocycles. The van der Waals surface area contributed by atoms with Crippen molar-refractivity contribution in [2.45, 2.75) is 18.4 Å². The van der Waals surface area contributed by atoms with Crippen molar-refractivity contribution >= 4 is 11.7 Å². The molecule has 0 fully saturated rings. The lowest BCUT2D eigenvalue weighted by molar-refractivity contribution is 0.0696. The van der Waals surface area contributed by atoms with Crippen LogP contribution in [0.2, 0.25) is 0 Å². The topological polar surface area (TPSA) is 49.3 Å². The molecule has 2 N–H and O–H groups in total. The van der Waals surface area contributed by atoms with E-state index in [1.807, 2.05) is 30.3 Å². The van der Waals surface area contributed by atoms with Gasteiger partial charge >= 0.3 is 5.97 Å². The van der Waals surface area contributed by atoms with Gasteiger partial charge in [0, 0.05) is 11.6 Å². The number of anilines is 1. The maximum atomic E-state index is 13.4. The average molecular weight is 359 g/mol. The largest absolute Gasteiger partial charge is 0.478 e. The molecule has 5 rings (SSSR count). The van der Waals surface area contributed by atoms with Gasteiger partial charge in [-0.3, -0.25) is 0 Å². The lowest BCUT2D eigenvalue weighted by Crippen LogP contribution is -2.30. The van der Waals surface area contributed by atoms with E-state index in [-0.39, 0.29) is 23.7 Å². The van der Waals surface area contributed by atoms with Crippen LogP contribution >= 0.6 is 0 Å². The molecule has 3 atom stereocenters. The number of carbonyl (C=O) groups is 1. The Morgan fingerprint density at radius 1 is 1.00 bits per heavy atom. The Balaban J connectivity index is 1.68. The van der Waals surface area contributed by atoms with E-state index in [1.165, 1.54) is 23.3 Å². The summed E-state index contributed by atoms with van der Waals surface area (Å²) in [5.74, 6) is -0.773. The van der Waals surface area contributed by atoms with Crippen LogP contribution in [0.15, 0.2) is 66.7 Å². The van der Waals surface area contributed by atoms with Gasteiger partial charge in [0.2, 0.25) is 0 Å². The summed E-state index contributed by atoms with van der Waals surface area (Å²) in [5.41, 5.74) is 5.90. The van der Waals surface area contributed by atoms with Crippen LogP contribution in [-0.2, 0) is 6.42 Å². The Hall–Kier alpha value is -3.14. The van der Waals surface area contributed by atoms with Gasteiger partial charge < -0.3 is 10.4 Å². The molecule has 1 aliphatic heterocycles. The van der Waals surface area contributed by atoms with Gasteiger partial charge in [-0.05, 0) is 64.9 Å². The molecule has 2 aliphatic rings. The van der Waals surface area contributed by atoms with E-state index in [9.17, 15) is 14.3 Å². The molecular formula is C23H18FNO2. The molecule has 0 saturated heterocycles. The predicted molar refractivity (Wildman–Crippen MR) is 102 cm³/mol. The van der Waals surface area contributed by atoms with E-state index in [1.54, 1.807) is 12.1 Å². The summed E-state index contributed by atoms with van der Waals surface area (Å²) in [4.78, 5) is 11.5. The second-order valence-corrected chi connectivity index (χ2v) is 7.33. The number of fused-ring (bicyclic) bond motifs is 5. The zero-order valence-electron chi connectivity index (χ0n) is 14.5. The zero-order valence-corrected chi connectivity index (χ0v) is 14.5. The van der Waals surface area contributed by atoms with Crippen molar-refractivity contribution in [1.29, 1.82) is 0 Å². The molecule has 0 radical (unpaired) electrons. The molecule has 3 aromatic rings. The monoisotopic (exact) mass is 359 g/mol. The van der Waals surface area contributed by atoms with Gasteiger partial charge in [0.15, 0.2) is 0 Å². The zero-order chi connectivity index (χ0) is 18.5. The Morgan fingerprint density at radius 3 is 2.56 bits per heavy atom. The number of carboxylic acids is 1. The molecule has 0 saturated carbocycles. The molecule has 4 heteroatoms. The highest BCUT2D eigenvalue weighted by molar-refractivity contribution is 5.89. The summed E-state index contributed by atoms with van der Waals surface area (Å²) in [6, 6.07) is 20.4. The Bertz CT molecular complexity index is 1040. The van der Waals surface area contributed by atoms with Crippen LogP contribution in [0, 0.1) is 11.7 Å². The molecule has 0 amide bonds. The van der Waals surface area contributed by atoms with Crippen molar-refractivity contribution in [3.63, 3.8) is 0 Å². The van der Waals surface area contributed by atoms with E-state index < -0.39 is 5.97 Å². The minimum Gasteiger partial charge on any atom is -0.478 e. The standard InChI is InChI=1S/C23H18FNO2/c24-16-8-5-13(6-9-16)22-19-11-14-3-1-2-4-17(14)21(19)18-12-15(23(26)27)7-10-20(18)25-22/h1-10,12,19,21-22,25H,11H2,(H,26,27)/t19-,21-,22+/m0/s1. The molecule has 134 valence electrons. The van der Waals surface area contributed by atoms with Gasteiger partial charge in [-0.1, -0.05) is 36.4 Å². The summed E-state index contributed by atoms with van der Waals surface area (Å²) in [6.45, 7) is 0. The third-order valence-electron chi connectivity index (χ3n) is 5.88. The first-order valence-electron chi connectivity index (χ1n) is 9.09. The second-order valence-electron chi connectivity index (χ2n) is 7.33. The molecular weight excluding hydrogens is 341 g/mol. The third kappa shape index (κ3) is 2.52. The summed E-state index contributed by atoms with van der Waals surface area (Å²) in [6.07, 6.45) is 0.909. The molecule has 0 unspecified atom stereocenters. The van der Waals surface area contributed by atoms with Crippen LogP contribution in [0.5, 0.6) is 0 Å². The quantitative estimate of drug-likeness (QED) is 0.677. The van der Waals surface area contributed by atoms with Crippen LogP contribution in [0.25, 0.3) is 0 Å². The van der Waals surface area contributed by atoms with Crippen LogP contribution in [0.1, 0.15) is 44.6 Å². The lowest BCUT2D eigenvalue weighted by atomic mass is 9.75. The normalized spacial score (nSPS) is 22.3. The van der Waals surface area contributed by atoms with Crippen LogP contribution in [0.3, 0.4) is 0 Å². The predicted octanol–water partition coefficient (Wildman–Crippen LogP) is 4.99. The van der Waals surface area contributed by atoms with Gasteiger partial charge in [-0.15, -0.1) is 0 Å². The highest BCUT2D eigenvalue weighted by Crippen LogP contribution is 2.53. The molecule has 0 aromatic heterocycles. The maximum Gasteiger partial charge on any atom is 0.335 e. The van der Waals surface area contributed by atoms with Crippen molar-refractivity contribution in [1.82, 2.24) is 0 Å². The fraction of sp³-hybridized carbons (Fsp3) is 0.174. The number of rotatable bonds is 2. The number of halogens is 1. The Morgan fingerprint density at radius 2 is 1.78 bits per heavy atom. The van der Waals surface area contributed by atoms with Crippen molar-refractivity contribution in [2.24, 2.45) is 5.92 Å². The summed E-state index contributed by atoms with van der Waals surface area (Å²) >= 11 is 0. The molecule has 3 nitrogen and oxygen atoms in total. The van der Waals surface area contributed by atoms with Gasteiger partial charge in [0.25, 0.3) is 0 Å². The lowest BCUT2D eigenvalue weighted by Gasteiger charge is -2.38. The smallest absolute Gasteiger partial charge is 0.335 e. The number of carboxylic acid groups (broad SMARTS) is 1. The molecule has 27 heavy (non-hydrogen) atoms. The van der Waals surface area contributed by atoms with Crippen LogP contribution in [0.4, 0.5) is 10.1 Å². The second kappa shape index (κ2) is 5.95. The molecule has 0 spiro atoms. The van der Waals surface area contributed by atoms with E-state index in [2.05, 4.69) is 17.4 Å². The molecule has 1 heterocycles. The Kier molecular flexibility index (Phi) is 3.54. The number of benzene rings is 3. The third-order valence-corrected chi connectivity index (χ3v) is 5.88. The molecule has 0 bridgehead atoms. The first kappa shape index (κ1) is 16.1. The summed E-state index contributed by atoms with van der Waals surface area (Å²) < 4.78 is 13.4. The average Bonchev–Trinajstić information content (AvgIpc) is 3.07. The van der Waals surface area contributed by atoms with Gasteiger partial charge in [-0.2, -0.15) is 0 Å². The number of hydrogen-bond donors (Lipinski definition) is 2. The van der Waals surface area contributed by atoms with Crippen molar-refractivity contribution in [3.8, 4) is 0 Å². The van der Waals surface area contributed by atoms with E-state index >= 15 is 0 Å². The van der Waals surface area contributed by atoms with Crippen molar-refractivity contribution in [3.05, 3.63) is 100 Å². The Labute approximate surface area is 156 Å².